The lowest BCUT2D eigenvalue weighted by Gasteiger charge is -2.12. The van der Waals surface area contributed by atoms with E-state index < -0.39 is 12.1 Å². The summed E-state index contributed by atoms with van der Waals surface area (Å²) in [4.78, 5) is 10.5. The van der Waals surface area contributed by atoms with E-state index >= 15 is 0 Å². The molecule has 0 aliphatic rings. The lowest BCUT2D eigenvalue weighted by atomic mass is 10.0. The van der Waals surface area contributed by atoms with Crippen LogP contribution in [0.3, 0.4) is 0 Å². The van der Waals surface area contributed by atoms with Gasteiger partial charge in [-0.05, 0) is 65.9 Å². The number of ether oxygens (including phenoxy) is 1. The van der Waals surface area contributed by atoms with Gasteiger partial charge >= 0.3 is 5.97 Å². The Hall–Kier alpha value is -2.86. The van der Waals surface area contributed by atoms with Crippen molar-refractivity contribution in [3.05, 3.63) is 100 Å². The Morgan fingerprint density at radius 3 is 2.26 bits per heavy atom. The number of aliphatic hydroxyl groups excluding tert-OH is 1. The summed E-state index contributed by atoms with van der Waals surface area (Å²) in [6.45, 7) is 0.911. The molecule has 3 N–H and O–H groups in total. The van der Waals surface area contributed by atoms with Crippen molar-refractivity contribution in [2.45, 2.75) is 18.9 Å². The number of carbonyl (C=O) groups is 1. The van der Waals surface area contributed by atoms with E-state index in [1.54, 1.807) is 24.3 Å². The second-order valence-electron chi connectivity index (χ2n) is 7.34. The number of nitrogens with one attached hydrogen (secondary N) is 1. The van der Waals surface area contributed by atoms with Crippen LogP contribution in [0.2, 0.25) is 5.02 Å². The molecular weight excluding hydrogens is 414 g/mol. The van der Waals surface area contributed by atoms with E-state index in [1.807, 2.05) is 24.3 Å². The molecular formula is C25H26ClNO4. The van der Waals surface area contributed by atoms with Crippen molar-refractivity contribution >= 4 is 17.6 Å². The number of benzene rings is 3. The molecule has 3 aromatic rings. The Kier molecular flexibility index (Phi) is 8.47. The van der Waals surface area contributed by atoms with Crippen LogP contribution < -0.4 is 10.1 Å². The maximum absolute atomic E-state index is 10.5. The zero-order chi connectivity index (χ0) is 22.1. The molecule has 0 saturated heterocycles. The van der Waals surface area contributed by atoms with Crippen molar-refractivity contribution in [1.29, 1.82) is 0 Å². The number of hydrogen-bond acceptors (Lipinski definition) is 4. The second-order valence-corrected chi connectivity index (χ2v) is 7.78. The third-order valence-corrected chi connectivity index (χ3v) is 5.11. The standard InChI is InChI=1S/C25H26ClNO4/c26-22-3-1-2-21(15-22)24(28)16-27-13-12-18-4-6-19(7-5-18)14-20-8-10-23(11-9-20)31-17-25(29)30/h1-11,15,24,27-28H,12-14,16-17H2,(H,29,30)/t24-/m1/s1. The summed E-state index contributed by atoms with van der Waals surface area (Å²) < 4.78 is 5.15. The molecule has 5 nitrogen and oxygen atoms in total. The molecule has 0 fully saturated rings. The van der Waals surface area contributed by atoms with Crippen LogP contribution in [0.1, 0.15) is 28.4 Å². The molecule has 0 saturated carbocycles. The largest absolute Gasteiger partial charge is 0.482 e. The molecule has 0 aliphatic carbocycles. The predicted molar refractivity (Wildman–Crippen MR) is 122 cm³/mol. The summed E-state index contributed by atoms with van der Waals surface area (Å²) >= 11 is 5.97. The molecule has 162 valence electrons. The Bertz CT molecular complexity index is 974. The van der Waals surface area contributed by atoms with Gasteiger partial charge in [0.1, 0.15) is 5.75 Å². The first-order chi connectivity index (χ1) is 15.0. The summed E-state index contributed by atoms with van der Waals surface area (Å²) in [5, 5.41) is 22.8. The van der Waals surface area contributed by atoms with Gasteiger partial charge in [0.2, 0.25) is 0 Å². The van der Waals surface area contributed by atoms with Gasteiger partial charge in [-0.1, -0.05) is 60.1 Å². The van der Waals surface area contributed by atoms with Crippen molar-refractivity contribution in [3.63, 3.8) is 0 Å². The summed E-state index contributed by atoms with van der Waals surface area (Å²) in [6.07, 6.45) is 1.09. The fourth-order valence-electron chi connectivity index (χ4n) is 3.21. The average Bonchev–Trinajstić information content (AvgIpc) is 2.77. The van der Waals surface area contributed by atoms with Gasteiger partial charge in [-0.15, -0.1) is 0 Å². The molecule has 0 aliphatic heterocycles. The molecule has 0 unspecified atom stereocenters. The molecule has 0 bridgehead atoms. The van der Waals surface area contributed by atoms with E-state index in [0.29, 0.717) is 17.3 Å². The number of aliphatic carboxylic acids is 1. The Morgan fingerprint density at radius 1 is 0.968 bits per heavy atom. The third-order valence-electron chi connectivity index (χ3n) is 4.88. The van der Waals surface area contributed by atoms with Gasteiger partial charge in [-0.25, -0.2) is 4.79 Å². The SMILES string of the molecule is O=C(O)COc1ccc(Cc2ccc(CCNC[C@@H](O)c3cccc(Cl)c3)cc2)cc1. The van der Waals surface area contributed by atoms with Gasteiger partial charge < -0.3 is 20.3 Å². The first-order valence-corrected chi connectivity index (χ1v) is 10.5. The number of rotatable bonds is 11. The zero-order valence-corrected chi connectivity index (χ0v) is 17.9. The van der Waals surface area contributed by atoms with E-state index in [9.17, 15) is 9.90 Å². The molecule has 0 aromatic heterocycles. The quantitative estimate of drug-likeness (QED) is 0.389. The summed E-state index contributed by atoms with van der Waals surface area (Å²) in [5.74, 6) is -0.439. The lowest BCUT2D eigenvalue weighted by Crippen LogP contribution is -2.23. The fraction of sp³-hybridized carbons (Fsp3) is 0.240. The first kappa shape index (κ1) is 22.8. The van der Waals surface area contributed by atoms with Crippen molar-refractivity contribution < 1.29 is 19.7 Å². The van der Waals surface area contributed by atoms with Crippen LogP contribution in [-0.2, 0) is 17.6 Å². The van der Waals surface area contributed by atoms with Crippen LogP contribution in [0.5, 0.6) is 5.75 Å². The van der Waals surface area contributed by atoms with Gasteiger partial charge in [0, 0.05) is 11.6 Å². The highest BCUT2D eigenvalue weighted by atomic mass is 35.5. The third kappa shape index (κ3) is 7.72. The molecule has 6 heteroatoms. The van der Waals surface area contributed by atoms with E-state index in [4.69, 9.17) is 21.4 Å². The van der Waals surface area contributed by atoms with Crippen LogP contribution in [0.15, 0.2) is 72.8 Å². The smallest absolute Gasteiger partial charge is 0.341 e. The van der Waals surface area contributed by atoms with Crippen molar-refractivity contribution in [2.24, 2.45) is 0 Å². The highest BCUT2D eigenvalue weighted by Gasteiger charge is 2.07. The molecule has 31 heavy (non-hydrogen) atoms. The maximum Gasteiger partial charge on any atom is 0.341 e. The monoisotopic (exact) mass is 439 g/mol. The van der Waals surface area contributed by atoms with Crippen molar-refractivity contribution in [3.8, 4) is 5.75 Å². The normalized spacial score (nSPS) is 11.8. The van der Waals surface area contributed by atoms with E-state index in [0.717, 1.165) is 30.5 Å². The van der Waals surface area contributed by atoms with E-state index in [-0.39, 0.29) is 6.61 Å². The molecule has 0 spiro atoms. The molecule has 1 atom stereocenters. The Morgan fingerprint density at radius 2 is 1.61 bits per heavy atom. The zero-order valence-electron chi connectivity index (χ0n) is 17.1. The van der Waals surface area contributed by atoms with E-state index in [2.05, 4.69) is 29.6 Å². The predicted octanol–water partition coefficient (Wildman–Crippen LogP) is 4.26. The minimum absolute atomic E-state index is 0.338. The molecule has 3 rings (SSSR count). The fourth-order valence-corrected chi connectivity index (χ4v) is 3.41. The lowest BCUT2D eigenvalue weighted by molar-refractivity contribution is -0.139. The van der Waals surface area contributed by atoms with Gasteiger partial charge in [-0.2, -0.15) is 0 Å². The first-order valence-electron chi connectivity index (χ1n) is 10.2. The number of carboxylic acid groups (broad SMARTS) is 1. The van der Waals surface area contributed by atoms with E-state index in [1.165, 1.54) is 11.1 Å². The van der Waals surface area contributed by atoms with Crippen LogP contribution in [0.25, 0.3) is 0 Å². The van der Waals surface area contributed by atoms with Gasteiger partial charge in [0.05, 0.1) is 6.10 Å². The molecule has 0 radical (unpaired) electrons. The molecule has 0 heterocycles. The maximum atomic E-state index is 10.5. The average molecular weight is 440 g/mol. The minimum atomic E-state index is -0.989. The second kappa shape index (κ2) is 11.5. The summed E-state index contributed by atoms with van der Waals surface area (Å²) in [7, 11) is 0. The molecule has 3 aromatic carbocycles. The van der Waals surface area contributed by atoms with Crippen molar-refractivity contribution in [1.82, 2.24) is 5.32 Å². The van der Waals surface area contributed by atoms with Crippen LogP contribution in [-0.4, -0.2) is 35.9 Å². The number of aliphatic hydroxyl groups is 1. The Balaban J connectivity index is 1.41. The summed E-state index contributed by atoms with van der Waals surface area (Å²) in [5.41, 5.74) is 4.37. The number of halogens is 1. The van der Waals surface area contributed by atoms with Crippen LogP contribution in [0, 0.1) is 0 Å². The topological polar surface area (TPSA) is 78.8 Å². The number of carboxylic acids is 1. The summed E-state index contributed by atoms with van der Waals surface area (Å²) in [6, 6.07) is 23.2. The van der Waals surface area contributed by atoms with Gasteiger partial charge in [0.15, 0.2) is 6.61 Å². The highest BCUT2D eigenvalue weighted by Crippen LogP contribution is 2.18. The van der Waals surface area contributed by atoms with Crippen LogP contribution in [0.4, 0.5) is 0 Å². The number of hydrogen-bond donors (Lipinski definition) is 3. The van der Waals surface area contributed by atoms with Gasteiger partial charge in [0.25, 0.3) is 0 Å². The Labute approximate surface area is 187 Å². The molecule has 0 amide bonds. The van der Waals surface area contributed by atoms with Crippen LogP contribution >= 0.6 is 11.6 Å². The highest BCUT2D eigenvalue weighted by molar-refractivity contribution is 6.30. The minimum Gasteiger partial charge on any atom is -0.482 e. The van der Waals surface area contributed by atoms with Gasteiger partial charge in [-0.3, -0.25) is 0 Å². The van der Waals surface area contributed by atoms with Crippen molar-refractivity contribution in [2.75, 3.05) is 19.7 Å².